The summed E-state index contributed by atoms with van der Waals surface area (Å²) >= 11 is 0. The Morgan fingerprint density at radius 1 is 1.29 bits per heavy atom. The Labute approximate surface area is 127 Å². The largest absolute Gasteiger partial charge is 0.454 e. The van der Waals surface area contributed by atoms with E-state index in [2.05, 4.69) is 7.05 Å². The molecule has 21 heavy (non-hydrogen) atoms. The maximum Gasteiger partial charge on any atom is 0.306 e. The van der Waals surface area contributed by atoms with Crippen molar-refractivity contribution in [2.75, 3.05) is 39.8 Å². The summed E-state index contributed by atoms with van der Waals surface area (Å²) < 4.78 is 6.59. The van der Waals surface area contributed by atoms with Crippen molar-refractivity contribution in [3.63, 3.8) is 0 Å². The first kappa shape index (κ1) is 16.3. The highest BCUT2D eigenvalue weighted by Crippen LogP contribution is 2.19. The fourth-order valence-corrected chi connectivity index (χ4v) is 3.49. The number of likely N-dealkylation sites (N-methyl/N-ethyl adjacent to an activating group) is 1. The van der Waals surface area contributed by atoms with Gasteiger partial charge in [-0.2, -0.15) is 0 Å². The molecule has 0 spiro atoms. The summed E-state index contributed by atoms with van der Waals surface area (Å²) in [5.74, 6) is 0.0455. The zero-order valence-electron chi connectivity index (χ0n) is 13.5. The molecule has 0 aromatic rings. The molecule has 1 atom stereocenters. The molecule has 0 saturated carbocycles. The molecule has 0 N–H and O–H groups in total. The zero-order chi connectivity index (χ0) is 15.3. The van der Waals surface area contributed by atoms with E-state index >= 15 is 0 Å². The summed E-state index contributed by atoms with van der Waals surface area (Å²) in [6, 6.07) is 0. The lowest BCUT2D eigenvalue weighted by atomic mass is 10.1. The Balaban J connectivity index is 1.97. The SMILES string of the molecule is CCC(=O)OC(CN1CCCC1=O)C[N+]1(C)CCCCC1. The highest BCUT2D eigenvalue weighted by molar-refractivity contribution is 5.78. The third-order valence-electron chi connectivity index (χ3n) is 4.72. The van der Waals surface area contributed by atoms with Crippen LogP contribution in [0, 0.1) is 0 Å². The minimum Gasteiger partial charge on any atom is -0.454 e. The Kier molecular flexibility index (Phi) is 5.62. The summed E-state index contributed by atoms with van der Waals surface area (Å²) in [7, 11) is 2.25. The van der Waals surface area contributed by atoms with Crippen molar-refractivity contribution in [1.82, 2.24) is 4.90 Å². The standard InChI is InChI=1S/C16H29N2O3/c1-3-16(20)21-14(12-17-9-7-8-15(17)19)13-18(2)10-5-4-6-11-18/h14H,3-13H2,1-2H3/q+1. The van der Waals surface area contributed by atoms with Crippen molar-refractivity contribution in [3.05, 3.63) is 0 Å². The van der Waals surface area contributed by atoms with Crippen LogP contribution in [0.4, 0.5) is 0 Å². The third-order valence-corrected chi connectivity index (χ3v) is 4.72. The predicted octanol–water partition coefficient (Wildman–Crippen LogP) is 1.56. The number of nitrogens with zero attached hydrogens (tertiary/aromatic N) is 2. The molecule has 2 fully saturated rings. The first-order chi connectivity index (χ1) is 10.0. The summed E-state index contributed by atoms with van der Waals surface area (Å²) in [6.07, 6.45) is 5.59. The van der Waals surface area contributed by atoms with Crippen LogP contribution in [-0.4, -0.2) is 67.1 Å². The van der Waals surface area contributed by atoms with Gasteiger partial charge in [0.15, 0.2) is 6.10 Å². The minimum absolute atomic E-state index is 0.157. The van der Waals surface area contributed by atoms with Crippen molar-refractivity contribution in [2.45, 2.75) is 51.6 Å². The maximum absolute atomic E-state index is 11.8. The van der Waals surface area contributed by atoms with Crippen molar-refractivity contribution >= 4 is 11.9 Å². The molecule has 1 unspecified atom stereocenters. The van der Waals surface area contributed by atoms with E-state index in [1.807, 2.05) is 11.8 Å². The molecule has 2 saturated heterocycles. The fraction of sp³-hybridized carbons (Fsp3) is 0.875. The van der Waals surface area contributed by atoms with Crippen LogP contribution in [0.5, 0.6) is 0 Å². The Bertz CT molecular complexity index is 378. The van der Waals surface area contributed by atoms with Crippen molar-refractivity contribution in [3.8, 4) is 0 Å². The zero-order valence-corrected chi connectivity index (χ0v) is 13.5. The first-order valence-electron chi connectivity index (χ1n) is 8.33. The van der Waals surface area contributed by atoms with Crippen LogP contribution >= 0.6 is 0 Å². The lowest BCUT2D eigenvalue weighted by Crippen LogP contribution is -2.54. The molecule has 2 rings (SSSR count). The molecule has 120 valence electrons. The number of rotatable bonds is 6. The smallest absolute Gasteiger partial charge is 0.306 e. The molecular formula is C16H29N2O3+. The number of amides is 1. The second-order valence-electron chi connectivity index (χ2n) is 6.72. The highest BCUT2D eigenvalue weighted by atomic mass is 16.5. The fourth-order valence-electron chi connectivity index (χ4n) is 3.49. The molecule has 5 nitrogen and oxygen atoms in total. The van der Waals surface area contributed by atoms with Crippen LogP contribution in [-0.2, 0) is 14.3 Å². The average molecular weight is 297 g/mol. The molecule has 2 heterocycles. The van der Waals surface area contributed by atoms with Gasteiger partial charge in [0.05, 0.1) is 26.7 Å². The molecule has 0 aromatic carbocycles. The van der Waals surface area contributed by atoms with E-state index in [1.54, 1.807) is 0 Å². The molecule has 2 aliphatic rings. The van der Waals surface area contributed by atoms with Gasteiger partial charge in [-0.1, -0.05) is 6.92 Å². The van der Waals surface area contributed by atoms with Gasteiger partial charge in [-0.05, 0) is 25.7 Å². The Hall–Kier alpha value is -1.10. The van der Waals surface area contributed by atoms with E-state index in [-0.39, 0.29) is 18.0 Å². The van der Waals surface area contributed by atoms with E-state index in [1.165, 1.54) is 19.3 Å². The quantitative estimate of drug-likeness (QED) is 0.552. The summed E-state index contributed by atoms with van der Waals surface area (Å²) in [6.45, 7) is 6.32. The van der Waals surface area contributed by atoms with Crippen LogP contribution in [0.1, 0.15) is 45.4 Å². The predicted molar refractivity (Wildman–Crippen MR) is 80.6 cm³/mol. The summed E-state index contributed by atoms with van der Waals surface area (Å²) in [5, 5.41) is 0. The lowest BCUT2D eigenvalue weighted by Gasteiger charge is -2.40. The topological polar surface area (TPSA) is 46.6 Å². The van der Waals surface area contributed by atoms with E-state index in [0.717, 1.165) is 37.1 Å². The second-order valence-corrected chi connectivity index (χ2v) is 6.72. The first-order valence-corrected chi connectivity index (χ1v) is 8.33. The molecule has 0 bridgehead atoms. The van der Waals surface area contributed by atoms with Crippen LogP contribution in [0.15, 0.2) is 0 Å². The third kappa shape index (κ3) is 4.70. The molecule has 0 aromatic heterocycles. The number of hydrogen-bond donors (Lipinski definition) is 0. The van der Waals surface area contributed by atoms with Crippen molar-refractivity contribution < 1.29 is 18.8 Å². The number of piperidine rings is 1. The van der Waals surface area contributed by atoms with Gasteiger partial charge in [-0.25, -0.2) is 0 Å². The Morgan fingerprint density at radius 2 is 2.00 bits per heavy atom. The van der Waals surface area contributed by atoms with Gasteiger partial charge in [-0.3, -0.25) is 9.59 Å². The van der Waals surface area contributed by atoms with E-state index < -0.39 is 0 Å². The van der Waals surface area contributed by atoms with Gasteiger partial charge < -0.3 is 14.1 Å². The van der Waals surface area contributed by atoms with Gasteiger partial charge in [0.1, 0.15) is 6.54 Å². The molecular weight excluding hydrogens is 268 g/mol. The van der Waals surface area contributed by atoms with Crippen LogP contribution in [0.2, 0.25) is 0 Å². The molecule has 1 amide bonds. The van der Waals surface area contributed by atoms with Crippen molar-refractivity contribution in [1.29, 1.82) is 0 Å². The number of esters is 1. The summed E-state index contributed by atoms with van der Waals surface area (Å²) in [5.41, 5.74) is 0. The highest BCUT2D eigenvalue weighted by Gasteiger charge is 2.33. The van der Waals surface area contributed by atoms with E-state index in [9.17, 15) is 9.59 Å². The van der Waals surface area contributed by atoms with Gasteiger partial charge in [0.25, 0.3) is 0 Å². The number of quaternary nitrogens is 1. The van der Waals surface area contributed by atoms with Gasteiger partial charge >= 0.3 is 5.97 Å². The maximum atomic E-state index is 11.8. The number of carbonyl (C=O) groups is 2. The second kappa shape index (κ2) is 7.25. The number of ether oxygens (including phenoxy) is 1. The molecule has 0 radical (unpaired) electrons. The van der Waals surface area contributed by atoms with Crippen LogP contribution < -0.4 is 0 Å². The van der Waals surface area contributed by atoms with E-state index in [0.29, 0.717) is 19.4 Å². The number of likely N-dealkylation sites (tertiary alicyclic amines) is 2. The average Bonchev–Trinajstić information content (AvgIpc) is 2.84. The monoisotopic (exact) mass is 297 g/mol. The number of hydrogen-bond acceptors (Lipinski definition) is 3. The van der Waals surface area contributed by atoms with Gasteiger partial charge in [0.2, 0.25) is 5.91 Å². The van der Waals surface area contributed by atoms with Crippen LogP contribution in [0.3, 0.4) is 0 Å². The molecule has 0 aliphatic carbocycles. The number of carbonyl (C=O) groups excluding carboxylic acids is 2. The molecule has 5 heteroatoms. The molecule has 2 aliphatic heterocycles. The van der Waals surface area contributed by atoms with Gasteiger partial charge in [0, 0.05) is 19.4 Å². The minimum atomic E-state index is -0.164. The Morgan fingerprint density at radius 3 is 2.57 bits per heavy atom. The summed E-state index contributed by atoms with van der Waals surface area (Å²) in [4.78, 5) is 25.4. The van der Waals surface area contributed by atoms with E-state index in [4.69, 9.17) is 4.74 Å². The van der Waals surface area contributed by atoms with Crippen molar-refractivity contribution in [2.24, 2.45) is 0 Å². The normalized spacial score (nSPS) is 23.1. The van der Waals surface area contributed by atoms with Crippen LogP contribution in [0.25, 0.3) is 0 Å². The lowest BCUT2D eigenvalue weighted by molar-refractivity contribution is -0.916. The van der Waals surface area contributed by atoms with Gasteiger partial charge in [-0.15, -0.1) is 0 Å².